The minimum absolute atomic E-state index is 0.115. The Kier molecular flexibility index (Phi) is 5.44. The maximum Gasteiger partial charge on any atom is 0.263 e. The summed E-state index contributed by atoms with van der Waals surface area (Å²) in [6.07, 6.45) is 4.58. The molecule has 5 aromatic rings. The summed E-state index contributed by atoms with van der Waals surface area (Å²) in [5.41, 5.74) is 9.45. The standard InChI is InChI=1S/C21H16ClN7O2S2/c22-16-2-1-14(18(9-16)13-5-6-24-20(23)8-13)11-29-19-4-3-17(7-15(19)10-26-29)33(30,31)28-21-25-12-27-32-21/h1-10,12H,11H2,(H2,23,24)(H,25,27,28). The molecule has 0 saturated carbocycles. The number of halogens is 1. The maximum absolute atomic E-state index is 12.7. The average molecular weight is 498 g/mol. The minimum Gasteiger partial charge on any atom is -0.384 e. The monoisotopic (exact) mass is 497 g/mol. The first-order valence-corrected chi connectivity index (χ1v) is 12.3. The van der Waals surface area contributed by atoms with Gasteiger partial charge >= 0.3 is 0 Å². The third-order valence-electron chi connectivity index (χ3n) is 4.99. The fraction of sp³-hybridized carbons (Fsp3) is 0.0476. The van der Waals surface area contributed by atoms with E-state index >= 15 is 0 Å². The van der Waals surface area contributed by atoms with Gasteiger partial charge in [0.2, 0.25) is 5.13 Å². The van der Waals surface area contributed by atoms with Gasteiger partial charge in [-0.05, 0) is 59.2 Å². The molecule has 0 saturated heterocycles. The summed E-state index contributed by atoms with van der Waals surface area (Å²) in [5, 5.41) is 5.98. The van der Waals surface area contributed by atoms with E-state index in [4.69, 9.17) is 17.3 Å². The lowest BCUT2D eigenvalue weighted by Crippen LogP contribution is -2.12. The van der Waals surface area contributed by atoms with E-state index < -0.39 is 10.0 Å². The van der Waals surface area contributed by atoms with E-state index in [1.54, 1.807) is 35.3 Å². The number of hydrogen-bond acceptors (Lipinski definition) is 8. The van der Waals surface area contributed by atoms with Crippen LogP contribution in [0.25, 0.3) is 22.0 Å². The number of hydrogen-bond donors (Lipinski definition) is 2. The SMILES string of the molecule is Nc1cc(-c2cc(Cl)ccc2Cn2ncc3cc(S(=O)(=O)Nc4ncns4)ccc32)ccn1. The molecular formula is C21H16ClN7O2S2. The van der Waals surface area contributed by atoms with Crippen LogP contribution in [0.4, 0.5) is 10.9 Å². The molecule has 3 heterocycles. The molecule has 0 bridgehead atoms. The van der Waals surface area contributed by atoms with Crippen LogP contribution in [0.5, 0.6) is 0 Å². The van der Waals surface area contributed by atoms with Gasteiger partial charge in [0.1, 0.15) is 12.1 Å². The second kappa shape index (κ2) is 8.43. The lowest BCUT2D eigenvalue weighted by atomic mass is 10.0. The fourth-order valence-electron chi connectivity index (χ4n) is 3.48. The van der Waals surface area contributed by atoms with Crippen molar-refractivity contribution < 1.29 is 8.42 Å². The van der Waals surface area contributed by atoms with Gasteiger partial charge < -0.3 is 5.73 Å². The second-order valence-corrected chi connectivity index (χ2v) is 10.0. The summed E-state index contributed by atoms with van der Waals surface area (Å²) >= 11 is 7.22. The van der Waals surface area contributed by atoms with Crippen molar-refractivity contribution in [1.82, 2.24) is 24.1 Å². The molecular weight excluding hydrogens is 482 g/mol. The Labute approximate surface area is 198 Å². The molecule has 0 aliphatic rings. The Bertz CT molecular complexity index is 1570. The molecule has 0 amide bonds. The van der Waals surface area contributed by atoms with Crippen LogP contribution in [-0.4, -0.2) is 32.5 Å². The van der Waals surface area contributed by atoms with E-state index in [9.17, 15) is 8.42 Å². The van der Waals surface area contributed by atoms with Gasteiger partial charge in [-0.3, -0.25) is 9.40 Å². The normalized spacial score (nSPS) is 11.7. The molecule has 33 heavy (non-hydrogen) atoms. The van der Waals surface area contributed by atoms with Gasteiger partial charge in [0.25, 0.3) is 10.0 Å². The first-order chi connectivity index (χ1) is 15.9. The van der Waals surface area contributed by atoms with Gasteiger partial charge in [-0.1, -0.05) is 17.7 Å². The van der Waals surface area contributed by atoms with Crippen LogP contribution in [0.1, 0.15) is 5.56 Å². The number of rotatable bonds is 6. The predicted octanol–water partition coefficient (Wildman–Crippen LogP) is 4.03. The van der Waals surface area contributed by atoms with Gasteiger partial charge in [0, 0.05) is 28.1 Å². The Morgan fingerprint density at radius 1 is 1.09 bits per heavy atom. The molecule has 166 valence electrons. The Balaban J connectivity index is 1.49. The number of sulfonamides is 1. The highest BCUT2D eigenvalue weighted by molar-refractivity contribution is 7.93. The van der Waals surface area contributed by atoms with E-state index in [0.29, 0.717) is 22.8 Å². The van der Waals surface area contributed by atoms with Crippen LogP contribution < -0.4 is 10.5 Å². The number of aromatic nitrogens is 5. The van der Waals surface area contributed by atoms with Gasteiger partial charge in [-0.25, -0.2) is 18.4 Å². The molecule has 2 aromatic carbocycles. The summed E-state index contributed by atoms with van der Waals surface area (Å²) in [6.45, 7) is 0.452. The number of nitrogens with two attached hydrogens (primary N) is 1. The molecule has 0 aliphatic heterocycles. The molecule has 9 nitrogen and oxygen atoms in total. The van der Waals surface area contributed by atoms with Crippen LogP contribution in [0.15, 0.2) is 72.1 Å². The van der Waals surface area contributed by atoms with Crippen LogP contribution in [0, 0.1) is 0 Å². The minimum atomic E-state index is -3.79. The predicted molar refractivity (Wildman–Crippen MR) is 129 cm³/mol. The van der Waals surface area contributed by atoms with Crippen molar-refractivity contribution in [3.63, 3.8) is 0 Å². The van der Waals surface area contributed by atoms with Crippen molar-refractivity contribution in [1.29, 1.82) is 0 Å². The highest BCUT2D eigenvalue weighted by atomic mass is 35.5. The van der Waals surface area contributed by atoms with Crippen molar-refractivity contribution in [3.8, 4) is 11.1 Å². The lowest BCUT2D eigenvalue weighted by Gasteiger charge is -2.12. The molecule has 3 aromatic heterocycles. The van der Waals surface area contributed by atoms with Gasteiger partial charge in [-0.15, -0.1) is 0 Å². The fourth-order valence-corrected chi connectivity index (χ4v) is 5.35. The van der Waals surface area contributed by atoms with Crippen LogP contribution >= 0.6 is 23.1 Å². The summed E-state index contributed by atoms with van der Waals surface area (Å²) in [7, 11) is -3.79. The summed E-state index contributed by atoms with van der Waals surface area (Å²) in [4.78, 5) is 8.03. The van der Waals surface area contributed by atoms with Crippen molar-refractivity contribution >= 4 is 55.0 Å². The first kappa shape index (κ1) is 21.3. The number of benzene rings is 2. The summed E-state index contributed by atoms with van der Waals surface area (Å²) in [5.74, 6) is 0.416. The van der Waals surface area contributed by atoms with Crippen molar-refractivity contribution in [2.75, 3.05) is 10.5 Å². The number of pyridine rings is 1. The third-order valence-corrected chi connectivity index (χ3v) is 7.27. The number of nitrogens with zero attached hydrogens (tertiary/aromatic N) is 5. The van der Waals surface area contributed by atoms with Gasteiger partial charge in [0.05, 0.1) is 23.2 Å². The van der Waals surface area contributed by atoms with Crippen LogP contribution in [0.2, 0.25) is 5.02 Å². The highest BCUT2D eigenvalue weighted by Crippen LogP contribution is 2.29. The number of nitrogens with one attached hydrogen (secondary N) is 1. The summed E-state index contributed by atoms with van der Waals surface area (Å²) in [6, 6.07) is 14.1. The lowest BCUT2D eigenvalue weighted by molar-refractivity contribution is 0.601. The first-order valence-electron chi connectivity index (χ1n) is 9.64. The zero-order valence-electron chi connectivity index (χ0n) is 16.9. The Morgan fingerprint density at radius 3 is 2.76 bits per heavy atom. The average Bonchev–Trinajstić information content (AvgIpc) is 3.44. The smallest absolute Gasteiger partial charge is 0.263 e. The van der Waals surface area contributed by atoms with E-state index in [2.05, 4.69) is 24.2 Å². The van der Waals surface area contributed by atoms with Crippen molar-refractivity contribution in [2.24, 2.45) is 0 Å². The van der Waals surface area contributed by atoms with E-state index in [-0.39, 0.29) is 10.0 Å². The Hall–Kier alpha value is -3.54. The zero-order chi connectivity index (χ0) is 23.0. The molecule has 12 heteroatoms. The van der Waals surface area contributed by atoms with E-state index in [0.717, 1.165) is 33.7 Å². The molecule has 0 atom stereocenters. The third kappa shape index (κ3) is 4.38. The number of nitrogen functional groups attached to an aromatic ring is 1. The zero-order valence-corrected chi connectivity index (χ0v) is 19.3. The molecule has 0 spiro atoms. The topological polar surface area (TPSA) is 129 Å². The Morgan fingerprint density at radius 2 is 1.97 bits per heavy atom. The number of fused-ring (bicyclic) bond motifs is 1. The molecule has 0 unspecified atom stereocenters. The second-order valence-electron chi connectivity index (χ2n) is 7.15. The summed E-state index contributed by atoms with van der Waals surface area (Å²) < 4.78 is 33.4. The molecule has 0 radical (unpaired) electrons. The van der Waals surface area contributed by atoms with Crippen LogP contribution in [-0.2, 0) is 16.6 Å². The number of anilines is 2. The van der Waals surface area contributed by atoms with Gasteiger partial charge in [0.15, 0.2) is 0 Å². The van der Waals surface area contributed by atoms with Crippen molar-refractivity contribution in [2.45, 2.75) is 11.4 Å². The quantitative estimate of drug-likeness (QED) is 0.362. The molecule has 0 fully saturated rings. The van der Waals surface area contributed by atoms with Crippen LogP contribution in [0.3, 0.4) is 0 Å². The van der Waals surface area contributed by atoms with E-state index in [1.165, 1.54) is 12.4 Å². The molecule has 3 N–H and O–H groups in total. The largest absolute Gasteiger partial charge is 0.384 e. The highest BCUT2D eigenvalue weighted by Gasteiger charge is 2.18. The van der Waals surface area contributed by atoms with Crippen molar-refractivity contribution in [3.05, 3.63) is 77.8 Å². The van der Waals surface area contributed by atoms with Gasteiger partial charge in [-0.2, -0.15) is 9.47 Å². The van der Waals surface area contributed by atoms with E-state index in [1.807, 2.05) is 24.3 Å². The molecule has 5 rings (SSSR count). The molecule has 0 aliphatic carbocycles. The maximum atomic E-state index is 12.7.